The van der Waals surface area contributed by atoms with E-state index in [4.69, 9.17) is 36.3 Å². The van der Waals surface area contributed by atoms with E-state index in [0.29, 0.717) is 35.1 Å². The maximum absolute atomic E-state index is 10.8. The van der Waals surface area contributed by atoms with Crippen molar-refractivity contribution in [2.24, 2.45) is 5.73 Å². The molecule has 0 aliphatic carbocycles. The number of hydrogen-bond donors (Lipinski definition) is 3. The van der Waals surface area contributed by atoms with Crippen LogP contribution in [0, 0.1) is 11.8 Å². The Morgan fingerprint density at radius 3 is 2.63 bits per heavy atom. The van der Waals surface area contributed by atoms with Gasteiger partial charge >= 0.3 is 7.82 Å². The topological polar surface area (TPSA) is 115 Å². The summed E-state index contributed by atoms with van der Waals surface area (Å²) in [4.78, 5) is 17.5. The molecule has 1 aromatic carbocycles. The van der Waals surface area contributed by atoms with Crippen LogP contribution in [0.4, 0.5) is 0 Å². The average Bonchev–Trinajstić information content (AvgIpc) is 3.04. The second-order valence-corrected chi connectivity index (χ2v) is 7.90. The predicted molar refractivity (Wildman–Crippen MR) is 101 cm³/mol. The molecule has 0 aliphatic heterocycles. The molecular weight excluding hydrogens is 393 g/mol. The van der Waals surface area contributed by atoms with Crippen LogP contribution in [0.3, 0.4) is 0 Å². The van der Waals surface area contributed by atoms with E-state index in [1.165, 1.54) is 0 Å². The van der Waals surface area contributed by atoms with Crippen LogP contribution >= 0.6 is 19.4 Å². The summed E-state index contributed by atoms with van der Waals surface area (Å²) in [6, 6.07) is 10.5. The molecule has 2 rings (SSSR count). The molecule has 1 heterocycles. The van der Waals surface area contributed by atoms with E-state index in [0.717, 1.165) is 0 Å². The van der Waals surface area contributed by atoms with E-state index >= 15 is 0 Å². The number of phosphoric acid groups is 1. The quantitative estimate of drug-likeness (QED) is 0.450. The zero-order chi connectivity index (χ0) is 19.9. The van der Waals surface area contributed by atoms with Crippen LogP contribution in [-0.4, -0.2) is 28.5 Å². The molecular formula is C18H21ClNO6P. The van der Waals surface area contributed by atoms with Gasteiger partial charge < -0.3 is 24.7 Å². The molecule has 9 heteroatoms. The summed E-state index contributed by atoms with van der Waals surface area (Å²) in [5.41, 5.74) is 5.08. The first-order valence-corrected chi connectivity index (χ1v) is 9.99. The Labute approximate surface area is 162 Å². The van der Waals surface area contributed by atoms with E-state index in [-0.39, 0.29) is 13.2 Å². The van der Waals surface area contributed by atoms with Gasteiger partial charge in [-0.3, -0.25) is 4.52 Å². The van der Waals surface area contributed by atoms with Crippen molar-refractivity contribution in [3.63, 3.8) is 0 Å². The Kier molecular flexibility index (Phi) is 7.51. The van der Waals surface area contributed by atoms with Gasteiger partial charge in [0.25, 0.3) is 0 Å². The van der Waals surface area contributed by atoms with Crippen LogP contribution in [0.5, 0.6) is 5.75 Å². The molecule has 27 heavy (non-hydrogen) atoms. The number of hydrogen-bond acceptors (Lipinski definition) is 5. The first kappa shape index (κ1) is 21.5. The van der Waals surface area contributed by atoms with Gasteiger partial charge in [0.1, 0.15) is 18.1 Å². The minimum atomic E-state index is -4.53. The summed E-state index contributed by atoms with van der Waals surface area (Å²) in [6.45, 7) is 1.60. The van der Waals surface area contributed by atoms with Crippen LogP contribution in [0.2, 0.25) is 5.02 Å². The van der Waals surface area contributed by atoms with Gasteiger partial charge in [-0.1, -0.05) is 17.5 Å². The van der Waals surface area contributed by atoms with E-state index in [1.54, 1.807) is 43.3 Å². The largest absolute Gasteiger partial charge is 0.481 e. The minimum absolute atomic E-state index is 0.207. The molecule has 0 fully saturated rings. The Bertz CT molecular complexity index is 847. The number of rotatable bonds is 8. The van der Waals surface area contributed by atoms with Crippen molar-refractivity contribution in [1.29, 1.82) is 0 Å². The van der Waals surface area contributed by atoms with Crippen molar-refractivity contribution < 1.29 is 28.0 Å². The summed E-state index contributed by atoms with van der Waals surface area (Å²) in [6.07, 6.45) is 0.910. The summed E-state index contributed by atoms with van der Waals surface area (Å²) in [5.74, 6) is 7.56. The van der Waals surface area contributed by atoms with Gasteiger partial charge in [-0.15, -0.1) is 0 Å². The van der Waals surface area contributed by atoms with Crippen molar-refractivity contribution >= 4 is 19.4 Å². The third kappa shape index (κ3) is 8.63. The highest BCUT2D eigenvalue weighted by Gasteiger charge is 2.24. The van der Waals surface area contributed by atoms with E-state index in [9.17, 15) is 4.57 Å². The maximum Gasteiger partial charge on any atom is 0.469 e. The summed E-state index contributed by atoms with van der Waals surface area (Å²) < 4.78 is 26.3. The summed E-state index contributed by atoms with van der Waals surface area (Å²) in [7, 11) is -4.53. The molecule has 1 aromatic heterocycles. The Balaban J connectivity index is 1.79. The molecule has 0 saturated heterocycles. The van der Waals surface area contributed by atoms with Crippen LogP contribution in [0.1, 0.15) is 24.9 Å². The smallest absolute Gasteiger partial charge is 0.469 e. The standard InChI is InChI=1S/C18H21ClNO6P/c1-18(20,13-25-27(21,22)23)11-10-17-9-8-16(26-17)3-2-12-24-15-6-4-14(19)5-7-15/h4-9H,10-13,20H2,1H3,(H2,21,22,23). The molecule has 1 unspecified atom stereocenters. The molecule has 7 nitrogen and oxygen atoms in total. The second-order valence-electron chi connectivity index (χ2n) is 6.23. The third-order valence-electron chi connectivity index (χ3n) is 3.50. The number of halogens is 1. The molecule has 1 atom stereocenters. The first-order valence-electron chi connectivity index (χ1n) is 8.08. The van der Waals surface area contributed by atoms with Crippen LogP contribution in [-0.2, 0) is 15.5 Å². The normalized spacial score (nSPS) is 13.5. The lowest BCUT2D eigenvalue weighted by Crippen LogP contribution is -2.41. The molecule has 2 aromatic rings. The number of phosphoric ester groups is 1. The summed E-state index contributed by atoms with van der Waals surface area (Å²) >= 11 is 5.80. The van der Waals surface area contributed by atoms with Crippen LogP contribution < -0.4 is 10.5 Å². The highest BCUT2D eigenvalue weighted by Crippen LogP contribution is 2.36. The van der Waals surface area contributed by atoms with Gasteiger partial charge in [-0.05, 0) is 55.7 Å². The predicted octanol–water partition coefficient (Wildman–Crippen LogP) is 3.12. The van der Waals surface area contributed by atoms with Crippen LogP contribution in [0.25, 0.3) is 0 Å². The molecule has 0 saturated carbocycles. The number of ether oxygens (including phenoxy) is 1. The van der Waals surface area contributed by atoms with E-state index in [1.807, 2.05) is 0 Å². The average molecular weight is 414 g/mol. The molecule has 146 valence electrons. The van der Waals surface area contributed by atoms with Gasteiger partial charge in [0.15, 0.2) is 5.76 Å². The van der Waals surface area contributed by atoms with Crippen molar-refractivity contribution in [3.8, 4) is 17.6 Å². The lowest BCUT2D eigenvalue weighted by molar-refractivity contribution is 0.154. The van der Waals surface area contributed by atoms with Crippen molar-refractivity contribution in [3.05, 3.63) is 52.9 Å². The molecule has 0 radical (unpaired) electrons. The van der Waals surface area contributed by atoms with Crippen LogP contribution in [0.15, 0.2) is 40.8 Å². The number of furan rings is 1. The van der Waals surface area contributed by atoms with Crippen molar-refractivity contribution in [2.45, 2.75) is 25.3 Å². The SMILES string of the molecule is CC(N)(CCc1ccc(C#CCOc2ccc(Cl)cc2)o1)COP(=O)(O)O. The van der Waals surface area contributed by atoms with Gasteiger partial charge in [-0.25, -0.2) is 4.57 Å². The minimum Gasteiger partial charge on any atom is -0.481 e. The number of nitrogens with two attached hydrogens (primary N) is 1. The fourth-order valence-electron chi connectivity index (χ4n) is 2.07. The zero-order valence-electron chi connectivity index (χ0n) is 14.7. The van der Waals surface area contributed by atoms with E-state index < -0.39 is 13.4 Å². The third-order valence-corrected chi connectivity index (χ3v) is 4.22. The van der Waals surface area contributed by atoms with Crippen molar-refractivity contribution in [2.75, 3.05) is 13.2 Å². The lowest BCUT2D eigenvalue weighted by Gasteiger charge is -2.23. The molecule has 0 amide bonds. The summed E-state index contributed by atoms with van der Waals surface area (Å²) in [5, 5.41) is 0.637. The number of benzene rings is 1. The van der Waals surface area contributed by atoms with E-state index in [2.05, 4.69) is 16.4 Å². The Morgan fingerprint density at radius 2 is 1.96 bits per heavy atom. The zero-order valence-corrected chi connectivity index (χ0v) is 16.4. The van der Waals surface area contributed by atoms with Gasteiger partial charge in [0.2, 0.25) is 0 Å². The fraction of sp³-hybridized carbons (Fsp3) is 0.333. The maximum atomic E-state index is 10.8. The van der Waals surface area contributed by atoms with Crippen molar-refractivity contribution in [1.82, 2.24) is 0 Å². The fourth-order valence-corrected chi connectivity index (χ4v) is 2.65. The monoisotopic (exact) mass is 413 g/mol. The Morgan fingerprint density at radius 1 is 1.26 bits per heavy atom. The second kappa shape index (κ2) is 9.43. The molecule has 0 bridgehead atoms. The Hall–Kier alpha value is -1.78. The van der Waals surface area contributed by atoms with Gasteiger partial charge in [0.05, 0.1) is 6.61 Å². The van der Waals surface area contributed by atoms with Gasteiger partial charge in [-0.2, -0.15) is 0 Å². The highest BCUT2D eigenvalue weighted by atomic mass is 35.5. The molecule has 4 N–H and O–H groups in total. The number of aryl methyl sites for hydroxylation is 1. The molecule has 0 aliphatic rings. The van der Waals surface area contributed by atoms with Gasteiger partial charge in [0, 0.05) is 17.0 Å². The lowest BCUT2D eigenvalue weighted by atomic mass is 9.98. The first-order chi connectivity index (χ1) is 12.6. The molecule has 0 spiro atoms. The highest BCUT2D eigenvalue weighted by molar-refractivity contribution is 7.46.